The quantitative estimate of drug-likeness (QED) is 0.361. The normalized spacial score (nSPS) is 10.8. The Hall–Kier alpha value is -0.660. The highest BCUT2D eigenvalue weighted by molar-refractivity contribution is 7.85. The molecule has 0 aromatic rings. The predicted octanol–water partition coefficient (Wildman–Crippen LogP) is 2.33. The van der Waals surface area contributed by atoms with Crippen molar-refractivity contribution in [3.63, 3.8) is 0 Å². The van der Waals surface area contributed by atoms with Gasteiger partial charge in [0.1, 0.15) is 0 Å². The molecule has 0 rings (SSSR count). The van der Waals surface area contributed by atoms with Crippen LogP contribution in [0.25, 0.3) is 0 Å². The zero-order valence-electron chi connectivity index (χ0n) is 11.1. The number of carbonyl (C=O) groups is 1. The SMILES string of the molecule is CCCCCCCC(=O)OCCCS(=O)(=O)O.N. The molecule has 0 heterocycles. The third-order valence-corrected chi connectivity index (χ3v) is 3.10. The molecule has 0 aromatic heterocycles. The largest absolute Gasteiger partial charge is 0.466 e. The van der Waals surface area contributed by atoms with Gasteiger partial charge >= 0.3 is 5.97 Å². The van der Waals surface area contributed by atoms with Crippen LogP contribution in [0.4, 0.5) is 0 Å². The zero-order chi connectivity index (χ0) is 13.1. The van der Waals surface area contributed by atoms with Crippen molar-refractivity contribution >= 4 is 16.1 Å². The molecule has 0 bridgehead atoms. The second-order valence-electron chi connectivity index (χ2n) is 4.02. The van der Waals surface area contributed by atoms with E-state index in [2.05, 4.69) is 6.92 Å². The van der Waals surface area contributed by atoms with Gasteiger partial charge in [-0.1, -0.05) is 32.6 Å². The van der Waals surface area contributed by atoms with Gasteiger partial charge in [-0.3, -0.25) is 9.35 Å². The van der Waals surface area contributed by atoms with Crippen LogP contribution in [0.2, 0.25) is 0 Å². The van der Waals surface area contributed by atoms with Crippen LogP contribution in [0.5, 0.6) is 0 Å². The first-order valence-electron chi connectivity index (χ1n) is 6.06. The first kappa shape index (κ1) is 19.7. The standard InChI is InChI=1S/C11H22O5S.H3N/c1-2-3-4-5-6-8-11(12)16-9-7-10-17(13,14)15;/h2-10H2,1H3,(H,13,14,15);1H3. The summed E-state index contributed by atoms with van der Waals surface area (Å²) in [5.74, 6) is -0.659. The monoisotopic (exact) mass is 283 g/mol. The topological polar surface area (TPSA) is 116 Å². The van der Waals surface area contributed by atoms with Crippen LogP contribution in [-0.2, 0) is 19.6 Å². The minimum atomic E-state index is -3.94. The summed E-state index contributed by atoms with van der Waals surface area (Å²) < 4.78 is 34.0. The molecule has 0 atom stereocenters. The predicted molar refractivity (Wildman–Crippen MR) is 70.4 cm³/mol. The minimum absolute atomic E-state index is 0. The maximum absolute atomic E-state index is 11.2. The van der Waals surface area contributed by atoms with Gasteiger partial charge in [0.15, 0.2) is 0 Å². The molecule has 0 aliphatic heterocycles. The van der Waals surface area contributed by atoms with E-state index in [0.29, 0.717) is 6.42 Å². The lowest BCUT2D eigenvalue weighted by Gasteiger charge is -2.03. The van der Waals surface area contributed by atoms with E-state index in [0.717, 1.165) is 19.3 Å². The van der Waals surface area contributed by atoms with Crippen molar-refractivity contribution in [3.8, 4) is 0 Å². The summed E-state index contributed by atoms with van der Waals surface area (Å²) in [5, 5.41) is 0. The number of rotatable bonds is 10. The van der Waals surface area contributed by atoms with Gasteiger partial charge in [0, 0.05) is 6.42 Å². The smallest absolute Gasteiger partial charge is 0.305 e. The highest BCUT2D eigenvalue weighted by Crippen LogP contribution is 2.05. The van der Waals surface area contributed by atoms with E-state index < -0.39 is 10.1 Å². The molecule has 6 nitrogen and oxygen atoms in total. The highest BCUT2D eigenvalue weighted by atomic mass is 32.2. The fraction of sp³-hybridized carbons (Fsp3) is 0.909. The lowest BCUT2D eigenvalue weighted by molar-refractivity contribution is -0.143. The zero-order valence-corrected chi connectivity index (χ0v) is 11.9. The first-order chi connectivity index (χ1) is 7.95. The van der Waals surface area contributed by atoms with Gasteiger partial charge in [-0.15, -0.1) is 0 Å². The Morgan fingerprint density at radius 1 is 1.11 bits per heavy atom. The van der Waals surface area contributed by atoms with Gasteiger partial charge in [-0.25, -0.2) is 0 Å². The number of hydrogen-bond donors (Lipinski definition) is 2. The lowest BCUT2D eigenvalue weighted by Crippen LogP contribution is -2.10. The summed E-state index contributed by atoms with van der Waals surface area (Å²) in [5.41, 5.74) is 0. The molecular formula is C11H25NO5S. The number of unbranched alkanes of at least 4 members (excludes halogenated alkanes) is 4. The maximum Gasteiger partial charge on any atom is 0.305 e. The molecule has 0 amide bonds. The van der Waals surface area contributed by atoms with Crippen LogP contribution in [0, 0.1) is 0 Å². The van der Waals surface area contributed by atoms with Crippen molar-refractivity contribution in [2.75, 3.05) is 12.4 Å². The fourth-order valence-electron chi connectivity index (χ4n) is 1.37. The van der Waals surface area contributed by atoms with Crippen molar-refractivity contribution in [3.05, 3.63) is 0 Å². The van der Waals surface area contributed by atoms with Gasteiger partial charge in [-0.05, 0) is 12.8 Å². The van der Waals surface area contributed by atoms with E-state index in [1.165, 1.54) is 12.8 Å². The van der Waals surface area contributed by atoms with E-state index in [-0.39, 0.29) is 30.9 Å². The highest BCUT2D eigenvalue weighted by Gasteiger charge is 2.06. The Kier molecular flexibility index (Phi) is 12.5. The Morgan fingerprint density at radius 2 is 1.72 bits per heavy atom. The van der Waals surface area contributed by atoms with Crippen LogP contribution >= 0.6 is 0 Å². The molecule has 0 aromatic carbocycles. The third kappa shape index (κ3) is 15.3. The number of esters is 1. The number of carbonyl (C=O) groups excluding carboxylic acids is 1. The van der Waals surface area contributed by atoms with Gasteiger partial charge in [0.05, 0.1) is 12.4 Å². The molecule has 0 fully saturated rings. The fourth-order valence-corrected chi connectivity index (χ4v) is 1.86. The summed E-state index contributed by atoms with van der Waals surface area (Å²) in [7, 11) is -3.94. The summed E-state index contributed by atoms with van der Waals surface area (Å²) in [6, 6.07) is 0. The Balaban J connectivity index is 0. The minimum Gasteiger partial charge on any atom is -0.466 e. The molecule has 0 radical (unpaired) electrons. The first-order valence-corrected chi connectivity index (χ1v) is 7.67. The van der Waals surface area contributed by atoms with Crippen molar-refractivity contribution < 1.29 is 22.5 Å². The summed E-state index contributed by atoms with van der Waals surface area (Å²) in [6.07, 6.45) is 5.84. The van der Waals surface area contributed by atoms with Gasteiger partial charge in [-0.2, -0.15) is 8.42 Å². The van der Waals surface area contributed by atoms with Crippen LogP contribution < -0.4 is 6.15 Å². The molecule has 0 spiro atoms. The molecule has 18 heavy (non-hydrogen) atoms. The maximum atomic E-state index is 11.2. The Bertz CT molecular complexity index is 303. The number of hydrogen-bond acceptors (Lipinski definition) is 5. The van der Waals surface area contributed by atoms with E-state index >= 15 is 0 Å². The molecule has 0 aliphatic rings. The molecule has 0 saturated carbocycles. The van der Waals surface area contributed by atoms with Crippen LogP contribution in [0.15, 0.2) is 0 Å². The van der Waals surface area contributed by atoms with Crippen molar-refractivity contribution in [2.24, 2.45) is 0 Å². The molecular weight excluding hydrogens is 258 g/mol. The second kappa shape index (κ2) is 11.4. The van der Waals surface area contributed by atoms with Crippen LogP contribution in [-0.4, -0.2) is 31.3 Å². The van der Waals surface area contributed by atoms with Gasteiger partial charge in [0.25, 0.3) is 10.1 Å². The number of ether oxygens (including phenoxy) is 1. The third-order valence-electron chi connectivity index (χ3n) is 2.29. The molecule has 0 unspecified atom stereocenters. The molecule has 110 valence electrons. The Morgan fingerprint density at radius 3 is 2.28 bits per heavy atom. The molecule has 0 aliphatic carbocycles. The van der Waals surface area contributed by atoms with Crippen LogP contribution in [0.3, 0.4) is 0 Å². The molecule has 7 heteroatoms. The van der Waals surface area contributed by atoms with E-state index in [4.69, 9.17) is 9.29 Å². The van der Waals surface area contributed by atoms with E-state index in [1.54, 1.807) is 0 Å². The summed E-state index contributed by atoms with van der Waals surface area (Å²) in [4.78, 5) is 11.2. The average molecular weight is 283 g/mol. The van der Waals surface area contributed by atoms with Gasteiger partial charge in [0.2, 0.25) is 0 Å². The second-order valence-corrected chi connectivity index (χ2v) is 5.60. The molecule has 4 N–H and O–H groups in total. The lowest BCUT2D eigenvalue weighted by atomic mass is 10.1. The van der Waals surface area contributed by atoms with Crippen molar-refractivity contribution in [2.45, 2.75) is 51.9 Å². The average Bonchev–Trinajstić information content (AvgIpc) is 2.23. The van der Waals surface area contributed by atoms with E-state index in [1.807, 2.05) is 0 Å². The molecule has 0 saturated heterocycles. The van der Waals surface area contributed by atoms with Gasteiger partial charge < -0.3 is 10.9 Å². The van der Waals surface area contributed by atoms with Crippen molar-refractivity contribution in [1.29, 1.82) is 0 Å². The van der Waals surface area contributed by atoms with E-state index in [9.17, 15) is 13.2 Å². The summed E-state index contributed by atoms with van der Waals surface area (Å²) >= 11 is 0. The van der Waals surface area contributed by atoms with Crippen molar-refractivity contribution in [1.82, 2.24) is 6.15 Å². The Labute approximate surface area is 109 Å². The summed E-state index contributed by atoms with van der Waals surface area (Å²) in [6.45, 7) is 2.18. The van der Waals surface area contributed by atoms with Crippen LogP contribution in [0.1, 0.15) is 51.9 Å².